The maximum Gasteiger partial charge on any atom is 0.253 e. The maximum absolute atomic E-state index is 13.4. The summed E-state index contributed by atoms with van der Waals surface area (Å²) in [6.07, 6.45) is 15.4. The number of fused-ring (bicyclic) bond motifs is 1. The number of amides is 2. The van der Waals surface area contributed by atoms with Gasteiger partial charge in [-0.1, -0.05) is 71.6 Å². The summed E-state index contributed by atoms with van der Waals surface area (Å²) in [7, 11) is 0. The Hall–Kier alpha value is -2.12. The Morgan fingerprint density at radius 3 is 2.37 bits per heavy atom. The van der Waals surface area contributed by atoms with Gasteiger partial charge in [0, 0.05) is 30.0 Å². The van der Waals surface area contributed by atoms with Gasteiger partial charge in [-0.2, -0.15) is 0 Å². The molecule has 1 unspecified atom stereocenters. The molecule has 2 N–H and O–H groups in total. The standard InChI is InChI=1S/C28H43N3O3S/c1-5-7-9-11-12-13-17-24(34-19-14-10-8-6-2)28(33)31-27-22-16-15-18-29-26(22)23(30-21(3)32)20-25(27)35-4/h15-16,18,20,24H,5-14,17,19H2,1-4H3,(H,30,32)(H,31,33). The summed E-state index contributed by atoms with van der Waals surface area (Å²) in [5, 5.41) is 6.83. The second-order valence-electron chi connectivity index (χ2n) is 9.05. The van der Waals surface area contributed by atoms with Crippen LogP contribution in [0.1, 0.15) is 91.4 Å². The van der Waals surface area contributed by atoms with E-state index in [0.29, 0.717) is 17.8 Å². The zero-order valence-electron chi connectivity index (χ0n) is 22.0. The first-order valence-electron chi connectivity index (χ1n) is 13.2. The quantitative estimate of drug-likeness (QED) is 0.173. The number of carbonyl (C=O) groups excluding carboxylic acids is 2. The Morgan fingerprint density at radius 1 is 1.00 bits per heavy atom. The van der Waals surface area contributed by atoms with Crippen molar-refractivity contribution in [1.82, 2.24) is 4.98 Å². The molecule has 194 valence electrons. The molecule has 2 aromatic rings. The number of nitrogens with zero attached hydrogens (tertiary/aromatic N) is 1. The van der Waals surface area contributed by atoms with Crippen molar-refractivity contribution in [1.29, 1.82) is 0 Å². The molecule has 0 aliphatic carbocycles. The van der Waals surface area contributed by atoms with E-state index < -0.39 is 6.10 Å². The topological polar surface area (TPSA) is 80.3 Å². The molecule has 6 nitrogen and oxygen atoms in total. The molecule has 0 bridgehead atoms. The SMILES string of the molecule is CCCCCCCCC(OCCCCCC)C(=O)Nc1c(SC)cc(NC(C)=O)c2ncccc12. The summed E-state index contributed by atoms with van der Waals surface area (Å²) in [6.45, 7) is 6.49. The van der Waals surface area contributed by atoms with E-state index in [-0.39, 0.29) is 11.8 Å². The molecule has 0 radical (unpaired) electrons. The number of anilines is 2. The summed E-state index contributed by atoms with van der Waals surface area (Å²) < 4.78 is 6.12. The van der Waals surface area contributed by atoms with Gasteiger partial charge >= 0.3 is 0 Å². The Kier molecular flexibility index (Phi) is 13.8. The van der Waals surface area contributed by atoms with Gasteiger partial charge in [0.1, 0.15) is 6.10 Å². The molecule has 2 rings (SSSR count). The van der Waals surface area contributed by atoms with Crippen LogP contribution < -0.4 is 10.6 Å². The lowest BCUT2D eigenvalue weighted by Crippen LogP contribution is -2.31. The van der Waals surface area contributed by atoms with Crippen LogP contribution in [0.25, 0.3) is 10.9 Å². The minimum Gasteiger partial charge on any atom is -0.368 e. The minimum absolute atomic E-state index is 0.109. The fourth-order valence-electron chi connectivity index (χ4n) is 4.16. The predicted octanol–water partition coefficient (Wildman–Crippen LogP) is 7.57. The molecule has 0 aliphatic heterocycles. The van der Waals surface area contributed by atoms with Crippen molar-refractivity contribution < 1.29 is 14.3 Å². The monoisotopic (exact) mass is 501 g/mol. The van der Waals surface area contributed by atoms with Gasteiger partial charge in [0.05, 0.1) is 16.9 Å². The summed E-state index contributed by atoms with van der Waals surface area (Å²) in [5.41, 5.74) is 2.03. The van der Waals surface area contributed by atoms with Crippen molar-refractivity contribution >= 4 is 45.9 Å². The number of nitrogens with one attached hydrogen (secondary N) is 2. The fraction of sp³-hybridized carbons (Fsp3) is 0.607. The molecular formula is C28H43N3O3S. The van der Waals surface area contributed by atoms with Gasteiger partial charge in [-0.05, 0) is 37.3 Å². The number of aromatic nitrogens is 1. The van der Waals surface area contributed by atoms with Crippen molar-refractivity contribution in [2.24, 2.45) is 0 Å². The zero-order chi connectivity index (χ0) is 25.5. The second kappa shape index (κ2) is 16.5. The third kappa shape index (κ3) is 9.80. The Bertz CT molecular complexity index is 935. The van der Waals surface area contributed by atoms with E-state index in [1.165, 1.54) is 57.2 Å². The number of thioether (sulfide) groups is 1. The van der Waals surface area contributed by atoms with E-state index in [2.05, 4.69) is 29.5 Å². The van der Waals surface area contributed by atoms with Crippen LogP contribution in [0.5, 0.6) is 0 Å². The first-order chi connectivity index (χ1) is 17.0. The number of hydrogen-bond donors (Lipinski definition) is 2. The first-order valence-corrected chi connectivity index (χ1v) is 14.4. The number of unbranched alkanes of at least 4 members (excludes halogenated alkanes) is 8. The Balaban J connectivity index is 2.19. The molecular weight excluding hydrogens is 458 g/mol. The summed E-state index contributed by atoms with van der Waals surface area (Å²) in [4.78, 5) is 30.5. The van der Waals surface area contributed by atoms with Crippen LogP contribution >= 0.6 is 11.8 Å². The van der Waals surface area contributed by atoms with E-state index in [0.717, 1.165) is 48.1 Å². The van der Waals surface area contributed by atoms with Gasteiger partial charge in [-0.3, -0.25) is 14.6 Å². The number of ether oxygens (including phenoxy) is 1. The molecule has 2 amide bonds. The van der Waals surface area contributed by atoms with Gasteiger partial charge in [0.15, 0.2) is 0 Å². The number of benzene rings is 1. The van der Waals surface area contributed by atoms with Crippen LogP contribution in [0.2, 0.25) is 0 Å². The van der Waals surface area contributed by atoms with Crippen molar-refractivity contribution in [3.8, 4) is 0 Å². The molecule has 0 saturated heterocycles. The normalized spacial score (nSPS) is 12.0. The Morgan fingerprint density at radius 2 is 1.69 bits per heavy atom. The molecule has 0 fully saturated rings. The van der Waals surface area contributed by atoms with Crippen molar-refractivity contribution in [3.63, 3.8) is 0 Å². The van der Waals surface area contributed by atoms with E-state index in [4.69, 9.17) is 4.74 Å². The third-order valence-electron chi connectivity index (χ3n) is 6.06. The van der Waals surface area contributed by atoms with Gasteiger partial charge in [0.2, 0.25) is 5.91 Å². The number of pyridine rings is 1. The van der Waals surface area contributed by atoms with Gasteiger partial charge in [-0.15, -0.1) is 11.8 Å². The van der Waals surface area contributed by atoms with Crippen LogP contribution in [0.15, 0.2) is 29.3 Å². The van der Waals surface area contributed by atoms with Crippen LogP contribution in [-0.4, -0.2) is 35.8 Å². The lowest BCUT2D eigenvalue weighted by Gasteiger charge is -2.21. The second-order valence-corrected chi connectivity index (χ2v) is 9.90. The smallest absolute Gasteiger partial charge is 0.253 e. The first kappa shape index (κ1) is 29.1. The van der Waals surface area contributed by atoms with Gasteiger partial charge < -0.3 is 15.4 Å². The summed E-state index contributed by atoms with van der Waals surface area (Å²) in [6, 6.07) is 5.65. The van der Waals surface area contributed by atoms with Gasteiger partial charge in [-0.25, -0.2) is 0 Å². The largest absolute Gasteiger partial charge is 0.368 e. The van der Waals surface area contributed by atoms with E-state index in [1.807, 2.05) is 24.5 Å². The zero-order valence-corrected chi connectivity index (χ0v) is 22.8. The molecule has 0 saturated carbocycles. The molecule has 35 heavy (non-hydrogen) atoms. The molecule has 1 aromatic carbocycles. The number of hydrogen-bond acceptors (Lipinski definition) is 5. The van der Waals surface area contributed by atoms with Gasteiger partial charge in [0.25, 0.3) is 5.91 Å². The average molecular weight is 502 g/mol. The number of carbonyl (C=O) groups is 2. The molecule has 1 aromatic heterocycles. The van der Waals surface area contributed by atoms with Crippen LogP contribution in [0, 0.1) is 0 Å². The van der Waals surface area contributed by atoms with E-state index in [1.54, 1.807) is 6.20 Å². The van der Waals surface area contributed by atoms with Crippen LogP contribution in [-0.2, 0) is 14.3 Å². The van der Waals surface area contributed by atoms with E-state index >= 15 is 0 Å². The molecule has 1 heterocycles. The number of rotatable bonds is 17. The lowest BCUT2D eigenvalue weighted by molar-refractivity contribution is -0.128. The van der Waals surface area contributed by atoms with Crippen molar-refractivity contribution in [3.05, 3.63) is 24.4 Å². The predicted molar refractivity (Wildman–Crippen MR) is 148 cm³/mol. The van der Waals surface area contributed by atoms with Crippen molar-refractivity contribution in [2.75, 3.05) is 23.5 Å². The third-order valence-corrected chi connectivity index (χ3v) is 6.82. The maximum atomic E-state index is 13.4. The minimum atomic E-state index is -0.473. The highest BCUT2D eigenvalue weighted by Crippen LogP contribution is 2.37. The highest BCUT2D eigenvalue weighted by molar-refractivity contribution is 7.98. The summed E-state index contributed by atoms with van der Waals surface area (Å²) in [5.74, 6) is -0.266. The summed E-state index contributed by atoms with van der Waals surface area (Å²) >= 11 is 1.53. The molecule has 7 heteroatoms. The highest BCUT2D eigenvalue weighted by Gasteiger charge is 2.22. The van der Waals surface area contributed by atoms with E-state index in [9.17, 15) is 9.59 Å². The molecule has 1 atom stereocenters. The van der Waals surface area contributed by atoms with Crippen LogP contribution in [0.4, 0.5) is 11.4 Å². The average Bonchev–Trinajstić information content (AvgIpc) is 2.85. The molecule has 0 spiro atoms. The lowest BCUT2D eigenvalue weighted by atomic mass is 10.1. The van der Waals surface area contributed by atoms with Crippen molar-refractivity contribution in [2.45, 2.75) is 102 Å². The molecule has 0 aliphatic rings. The van der Waals surface area contributed by atoms with Crippen LogP contribution in [0.3, 0.4) is 0 Å². The highest BCUT2D eigenvalue weighted by atomic mass is 32.2. The Labute approximate surface area is 215 Å². The fourth-order valence-corrected chi connectivity index (χ4v) is 4.76.